The van der Waals surface area contributed by atoms with Gasteiger partial charge in [-0.2, -0.15) is 5.26 Å². The molecular formula is C14H16N2O4S. The van der Waals surface area contributed by atoms with E-state index in [1.165, 1.54) is 17.5 Å². The van der Waals surface area contributed by atoms with Crippen molar-refractivity contribution in [2.24, 2.45) is 0 Å². The van der Waals surface area contributed by atoms with Crippen LogP contribution in [0.2, 0.25) is 0 Å². The Balaban J connectivity index is 2.85. The number of thiophene rings is 1. The molecule has 0 fully saturated rings. The summed E-state index contributed by atoms with van der Waals surface area (Å²) in [5.74, 6) is -1.07. The normalized spacial score (nSPS) is 10.7. The number of hydrogen-bond donors (Lipinski definition) is 1. The van der Waals surface area contributed by atoms with Crippen LogP contribution in [-0.4, -0.2) is 25.2 Å². The van der Waals surface area contributed by atoms with Gasteiger partial charge in [0.1, 0.15) is 10.9 Å². The summed E-state index contributed by atoms with van der Waals surface area (Å²) in [6, 6.07) is 3.50. The van der Waals surface area contributed by atoms with E-state index in [9.17, 15) is 9.59 Å². The molecule has 7 heteroatoms. The number of rotatable bonds is 6. The quantitative estimate of drug-likeness (QED) is 0.494. The highest BCUT2D eigenvalue weighted by molar-refractivity contribution is 7.18. The number of hydrogen-bond acceptors (Lipinski definition) is 7. The van der Waals surface area contributed by atoms with Gasteiger partial charge in [-0.25, -0.2) is 9.59 Å². The molecule has 0 amide bonds. The summed E-state index contributed by atoms with van der Waals surface area (Å²) in [7, 11) is 0. The standard InChI is InChI=1S/C14H16N2O4S/c1-4-19-13(17)10(7-15)8-16-11-6-9(3)12(21-11)14(18)20-5-2/h6,8,16H,4-5H2,1-3H3. The van der Waals surface area contributed by atoms with Gasteiger partial charge in [-0.05, 0) is 32.4 Å². The molecule has 0 aromatic carbocycles. The van der Waals surface area contributed by atoms with Gasteiger partial charge in [-0.1, -0.05) is 0 Å². The van der Waals surface area contributed by atoms with Crippen LogP contribution in [-0.2, 0) is 14.3 Å². The van der Waals surface area contributed by atoms with E-state index in [1.54, 1.807) is 32.9 Å². The minimum Gasteiger partial charge on any atom is -0.462 e. The van der Waals surface area contributed by atoms with Crippen molar-refractivity contribution >= 4 is 28.3 Å². The molecule has 0 unspecified atom stereocenters. The van der Waals surface area contributed by atoms with Crippen LogP contribution in [0, 0.1) is 18.3 Å². The lowest BCUT2D eigenvalue weighted by atomic mass is 10.3. The molecule has 1 aromatic heterocycles. The van der Waals surface area contributed by atoms with Gasteiger partial charge >= 0.3 is 11.9 Å². The van der Waals surface area contributed by atoms with Gasteiger partial charge in [-0.15, -0.1) is 11.3 Å². The molecule has 0 saturated carbocycles. The van der Waals surface area contributed by atoms with E-state index < -0.39 is 5.97 Å². The number of aryl methyl sites for hydroxylation is 1. The first kappa shape index (κ1) is 16.7. The Morgan fingerprint density at radius 3 is 2.62 bits per heavy atom. The summed E-state index contributed by atoms with van der Waals surface area (Å²) in [6.07, 6.45) is 1.26. The molecular weight excluding hydrogens is 292 g/mol. The van der Waals surface area contributed by atoms with E-state index in [4.69, 9.17) is 14.7 Å². The van der Waals surface area contributed by atoms with Gasteiger partial charge in [0.15, 0.2) is 5.57 Å². The molecule has 0 atom stereocenters. The van der Waals surface area contributed by atoms with Crippen molar-refractivity contribution in [3.8, 4) is 6.07 Å². The van der Waals surface area contributed by atoms with Crippen LogP contribution in [0.3, 0.4) is 0 Å². The van der Waals surface area contributed by atoms with E-state index >= 15 is 0 Å². The number of ether oxygens (including phenoxy) is 2. The van der Waals surface area contributed by atoms with Crippen LogP contribution in [0.5, 0.6) is 0 Å². The van der Waals surface area contributed by atoms with Crippen LogP contribution >= 0.6 is 11.3 Å². The fourth-order valence-electron chi connectivity index (χ4n) is 1.44. The number of carbonyl (C=O) groups excluding carboxylic acids is 2. The summed E-state index contributed by atoms with van der Waals surface area (Å²) in [5, 5.41) is 12.3. The molecule has 1 N–H and O–H groups in total. The van der Waals surface area contributed by atoms with Gasteiger partial charge in [0.05, 0.1) is 18.2 Å². The molecule has 21 heavy (non-hydrogen) atoms. The first-order valence-electron chi connectivity index (χ1n) is 6.34. The monoisotopic (exact) mass is 308 g/mol. The number of carbonyl (C=O) groups is 2. The van der Waals surface area contributed by atoms with Crippen LogP contribution in [0.25, 0.3) is 0 Å². The van der Waals surface area contributed by atoms with Gasteiger partial charge in [0.25, 0.3) is 0 Å². The molecule has 0 radical (unpaired) electrons. The van der Waals surface area contributed by atoms with Crippen molar-refractivity contribution in [1.82, 2.24) is 0 Å². The first-order chi connectivity index (χ1) is 10.0. The van der Waals surface area contributed by atoms with Crippen molar-refractivity contribution in [3.05, 3.63) is 28.3 Å². The molecule has 1 aromatic rings. The van der Waals surface area contributed by atoms with Gasteiger partial charge < -0.3 is 14.8 Å². The van der Waals surface area contributed by atoms with E-state index in [0.29, 0.717) is 16.5 Å². The average Bonchev–Trinajstić information content (AvgIpc) is 2.81. The molecule has 0 aliphatic rings. The Hall–Kier alpha value is -2.33. The molecule has 0 bridgehead atoms. The maximum Gasteiger partial charge on any atom is 0.350 e. The highest BCUT2D eigenvalue weighted by Gasteiger charge is 2.15. The smallest absolute Gasteiger partial charge is 0.350 e. The third-order valence-corrected chi connectivity index (χ3v) is 3.50. The topological polar surface area (TPSA) is 88.4 Å². The second-order valence-electron chi connectivity index (χ2n) is 3.88. The molecule has 0 spiro atoms. The van der Waals surface area contributed by atoms with E-state index in [-0.39, 0.29) is 18.1 Å². The molecule has 1 rings (SSSR count). The lowest BCUT2D eigenvalue weighted by molar-refractivity contribution is -0.138. The van der Waals surface area contributed by atoms with Crippen LogP contribution in [0.1, 0.15) is 29.1 Å². The molecule has 1 heterocycles. The Morgan fingerprint density at radius 1 is 1.38 bits per heavy atom. The maximum atomic E-state index is 11.7. The third kappa shape index (κ3) is 4.61. The summed E-state index contributed by atoms with van der Waals surface area (Å²) < 4.78 is 9.68. The van der Waals surface area contributed by atoms with Crippen molar-refractivity contribution in [2.75, 3.05) is 18.5 Å². The first-order valence-corrected chi connectivity index (χ1v) is 7.16. The summed E-state index contributed by atoms with van der Waals surface area (Å²) in [6.45, 7) is 5.69. The van der Waals surface area contributed by atoms with Crippen molar-refractivity contribution in [2.45, 2.75) is 20.8 Å². The van der Waals surface area contributed by atoms with Gasteiger partial charge in [-0.3, -0.25) is 0 Å². The predicted molar refractivity (Wildman–Crippen MR) is 79.0 cm³/mol. The van der Waals surface area contributed by atoms with Gasteiger partial charge in [0, 0.05) is 6.20 Å². The fraction of sp³-hybridized carbons (Fsp3) is 0.357. The summed E-state index contributed by atoms with van der Waals surface area (Å²) in [4.78, 5) is 23.6. The largest absolute Gasteiger partial charge is 0.462 e. The Morgan fingerprint density at radius 2 is 2.05 bits per heavy atom. The summed E-state index contributed by atoms with van der Waals surface area (Å²) in [5.41, 5.74) is 0.629. The highest BCUT2D eigenvalue weighted by Crippen LogP contribution is 2.27. The molecule has 0 aliphatic heterocycles. The highest BCUT2D eigenvalue weighted by atomic mass is 32.1. The second kappa shape index (κ2) is 8.07. The lowest BCUT2D eigenvalue weighted by Crippen LogP contribution is -2.07. The Bertz CT molecular complexity index is 599. The zero-order valence-corrected chi connectivity index (χ0v) is 12.9. The third-order valence-electron chi connectivity index (χ3n) is 2.35. The molecule has 6 nitrogen and oxygen atoms in total. The minimum absolute atomic E-state index is 0.138. The van der Waals surface area contributed by atoms with Crippen LogP contribution in [0.15, 0.2) is 17.8 Å². The number of anilines is 1. The molecule has 0 aliphatic carbocycles. The van der Waals surface area contributed by atoms with Crippen molar-refractivity contribution in [3.63, 3.8) is 0 Å². The van der Waals surface area contributed by atoms with Crippen molar-refractivity contribution < 1.29 is 19.1 Å². The predicted octanol–water partition coefficient (Wildman–Crippen LogP) is 2.62. The van der Waals surface area contributed by atoms with Crippen LogP contribution in [0.4, 0.5) is 5.00 Å². The molecule has 112 valence electrons. The van der Waals surface area contributed by atoms with E-state index in [1.807, 2.05) is 0 Å². The second-order valence-corrected chi connectivity index (χ2v) is 4.93. The zero-order valence-electron chi connectivity index (χ0n) is 12.1. The van der Waals surface area contributed by atoms with Crippen molar-refractivity contribution in [1.29, 1.82) is 5.26 Å². The minimum atomic E-state index is -0.689. The number of nitrogens with one attached hydrogen (secondary N) is 1. The Labute approximate surface area is 127 Å². The zero-order chi connectivity index (χ0) is 15.8. The molecule has 0 saturated heterocycles. The summed E-state index contributed by atoms with van der Waals surface area (Å²) >= 11 is 1.19. The van der Waals surface area contributed by atoms with Crippen LogP contribution < -0.4 is 5.32 Å². The maximum absolute atomic E-state index is 11.7. The fourth-order valence-corrected chi connectivity index (χ4v) is 2.38. The lowest BCUT2D eigenvalue weighted by Gasteiger charge is -2.00. The van der Waals surface area contributed by atoms with E-state index in [0.717, 1.165) is 5.56 Å². The number of nitrogens with zero attached hydrogens (tertiary/aromatic N) is 1. The van der Waals surface area contributed by atoms with E-state index in [2.05, 4.69) is 5.32 Å². The number of esters is 2. The average molecular weight is 308 g/mol. The Kier molecular flexibility index (Phi) is 6.43. The van der Waals surface area contributed by atoms with Gasteiger partial charge in [0.2, 0.25) is 0 Å². The SMILES string of the molecule is CCOC(=O)C(C#N)=CNc1cc(C)c(C(=O)OCC)s1. The number of nitriles is 1.